The van der Waals surface area contributed by atoms with Crippen molar-refractivity contribution in [1.29, 1.82) is 0 Å². The topological polar surface area (TPSA) is 61.3 Å². The Morgan fingerprint density at radius 1 is 1.57 bits per heavy atom. The fourth-order valence-electron chi connectivity index (χ4n) is 1.73. The number of hydrogen-bond acceptors (Lipinski definition) is 4. The molecule has 4 heteroatoms. The van der Waals surface area contributed by atoms with Crippen LogP contribution in [0.5, 0.6) is 0 Å². The van der Waals surface area contributed by atoms with E-state index in [4.69, 9.17) is 14.9 Å². The van der Waals surface area contributed by atoms with Crippen LogP contribution in [0.1, 0.15) is 30.9 Å². The summed E-state index contributed by atoms with van der Waals surface area (Å²) in [4.78, 5) is 4.05. The van der Waals surface area contributed by atoms with Gasteiger partial charge in [-0.15, -0.1) is 0 Å². The molecular weight excluding hydrogens is 180 g/mol. The van der Waals surface area contributed by atoms with E-state index in [-0.39, 0.29) is 0 Å². The molecule has 1 aromatic rings. The Morgan fingerprint density at radius 3 is 3.14 bits per heavy atom. The van der Waals surface area contributed by atoms with Crippen LogP contribution in [0.3, 0.4) is 0 Å². The molecule has 0 bridgehead atoms. The van der Waals surface area contributed by atoms with E-state index in [0.29, 0.717) is 18.5 Å². The van der Waals surface area contributed by atoms with Crippen LogP contribution in [-0.4, -0.2) is 17.7 Å². The SMILES string of the molecule is NCc1ncc(CCC2CCCO2)o1. The molecule has 14 heavy (non-hydrogen) atoms. The summed E-state index contributed by atoms with van der Waals surface area (Å²) >= 11 is 0. The molecule has 2 rings (SSSR count). The number of rotatable bonds is 4. The highest BCUT2D eigenvalue weighted by Crippen LogP contribution is 2.17. The van der Waals surface area contributed by atoms with E-state index in [1.165, 1.54) is 12.8 Å². The highest BCUT2D eigenvalue weighted by Gasteiger charge is 2.15. The molecule has 0 saturated carbocycles. The minimum absolute atomic E-state index is 0.375. The highest BCUT2D eigenvalue weighted by atomic mass is 16.5. The molecule has 2 N–H and O–H groups in total. The van der Waals surface area contributed by atoms with E-state index in [1.54, 1.807) is 6.20 Å². The van der Waals surface area contributed by atoms with Crippen molar-refractivity contribution in [2.24, 2.45) is 5.73 Å². The summed E-state index contributed by atoms with van der Waals surface area (Å²) < 4.78 is 10.9. The van der Waals surface area contributed by atoms with Crippen LogP contribution in [0.2, 0.25) is 0 Å². The number of hydrogen-bond donors (Lipinski definition) is 1. The maximum atomic E-state index is 5.52. The molecule has 2 heterocycles. The normalized spacial score (nSPS) is 21.6. The molecule has 4 nitrogen and oxygen atoms in total. The van der Waals surface area contributed by atoms with Gasteiger partial charge in [0.2, 0.25) is 5.89 Å². The Labute approximate surface area is 83.4 Å². The van der Waals surface area contributed by atoms with Crippen molar-refractivity contribution in [1.82, 2.24) is 4.98 Å². The van der Waals surface area contributed by atoms with Crippen LogP contribution >= 0.6 is 0 Å². The second-order valence-corrected chi connectivity index (χ2v) is 3.60. The van der Waals surface area contributed by atoms with Crippen molar-refractivity contribution in [3.8, 4) is 0 Å². The van der Waals surface area contributed by atoms with Gasteiger partial charge in [-0.1, -0.05) is 0 Å². The first-order chi connectivity index (χ1) is 6.88. The molecule has 0 aromatic carbocycles. The van der Waals surface area contributed by atoms with Crippen LogP contribution in [0, 0.1) is 0 Å². The summed E-state index contributed by atoms with van der Waals surface area (Å²) in [5.41, 5.74) is 5.40. The van der Waals surface area contributed by atoms with Gasteiger partial charge in [-0.3, -0.25) is 0 Å². The zero-order chi connectivity index (χ0) is 9.80. The van der Waals surface area contributed by atoms with Gasteiger partial charge in [-0.05, 0) is 19.3 Å². The quantitative estimate of drug-likeness (QED) is 0.787. The van der Waals surface area contributed by atoms with Crippen LogP contribution < -0.4 is 5.73 Å². The van der Waals surface area contributed by atoms with Gasteiger partial charge in [-0.2, -0.15) is 0 Å². The van der Waals surface area contributed by atoms with E-state index >= 15 is 0 Å². The average Bonchev–Trinajstić information content (AvgIpc) is 2.86. The predicted octanol–water partition coefficient (Wildman–Crippen LogP) is 1.24. The number of nitrogens with zero attached hydrogens (tertiary/aromatic N) is 1. The van der Waals surface area contributed by atoms with Crippen molar-refractivity contribution in [2.45, 2.75) is 38.3 Å². The molecule has 1 aliphatic rings. The molecule has 1 saturated heterocycles. The largest absolute Gasteiger partial charge is 0.444 e. The van der Waals surface area contributed by atoms with Gasteiger partial charge in [0, 0.05) is 13.0 Å². The first-order valence-electron chi connectivity index (χ1n) is 5.13. The van der Waals surface area contributed by atoms with Gasteiger partial charge in [0.05, 0.1) is 18.8 Å². The van der Waals surface area contributed by atoms with Crippen LogP contribution in [0.4, 0.5) is 0 Å². The summed E-state index contributed by atoms with van der Waals surface area (Å²) in [5, 5.41) is 0. The molecule has 1 unspecified atom stereocenters. The van der Waals surface area contributed by atoms with Crippen molar-refractivity contribution >= 4 is 0 Å². The van der Waals surface area contributed by atoms with Gasteiger partial charge >= 0.3 is 0 Å². The molecular formula is C10H16N2O2. The Bertz CT molecular complexity index is 279. The molecule has 0 radical (unpaired) electrons. The lowest BCUT2D eigenvalue weighted by molar-refractivity contribution is 0.103. The van der Waals surface area contributed by atoms with E-state index < -0.39 is 0 Å². The first kappa shape index (κ1) is 9.68. The van der Waals surface area contributed by atoms with Gasteiger partial charge in [0.1, 0.15) is 5.76 Å². The Balaban J connectivity index is 1.79. The standard InChI is InChI=1S/C10H16N2O2/c11-6-10-12-7-9(14-10)4-3-8-2-1-5-13-8/h7-8H,1-6,11H2. The van der Waals surface area contributed by atoms with E-state index in [2.05, 4.69) is 4.98 Å². The number of nitrogens with two attached hydrogens (primary N) is 1. The lowest BCUT2D eigenvalue weighted by Crippen LogP contribution is -2.05. The third-order valence-corrected chi connectivity index (χ3v) is 2.51. The van der Waals surface area contributed by atoms with E-state index in [0.717, 1.165) is 25.2 Å². The smallest absolute Gasteiger partial charge is 0.208 e. The molecule has 0 spiro atoms. The fraction of sp³-hybridized carbons (Fsp3) is 0.700. The zero-order valence-electron chi connectivity index (χ0n) is 8.24. The van der Waals surface area contributed by atoms with Crippen molar-refractivity contribution < 1.29 is 9.15 Å². The third-order valence-electron chi connectivity index (χ3n) is 2.51. The number of aromatic nitrogens is 1. The summed E-state index contributed by atoms with van der Waals surface area (Å²) in [6, 6.07) is 0. The van der Waals surface area contributed by atoms with Crippen LogP contribution in [0.15, 0.2) is 10.6 Å². The lowest BCUT2D eigenvalue weighted by atomic mass is 10.1. The number of ether oxygens (including phenoxy) is 1. The van der Waals surface area contributed by atoms with E-state index in [9.17, 15) is 0 Å². The van der Waals surface area contributed by atoms with Crippen molar-refractivity contribution in [3.05, 3.63) is 17.8 Å². The summed E-state index contributed by atoms with van der Waals surface area (Å²) in [6.45, 7) is 1.29. The second-order valence-electron chi connectivity index (χ2n) is 3.60. The lowest BCUT2D eigenvalue weighted by Gasteiger charge is -2.06. The molecule has 1 atom stereocenters. The maximum Gasteiger partial charge on any atom is 0.208 e. The minimum atomic E-state index is 0.375. The summed E-state index contributed by atoms with van der Waals surface area (Å²) in [5.74, 6) is 1.54. The average molecular weight is 196 g/mol. The molecule has 78 valence electrons. The van der Waals surface area contributed by atoms with Crippen LogP contribution in [-0.2, 0) is 17.7 Å². The van der Waals surface area contributed by atoms with Crippen molar-refractivity contribution in [2.75, 3.05) is 6.61 Å². The van der Waals surface area contributed by atoms with Crippen molar-refractivity contribution in [3.63, 3.8) is 0 Å². The minimum Gasteiger partial charge on any atom is -0.444 e. The summed E-state index contributed by atoms with van der Waals surface area (Å²) in [7, 11) is 0. The maximum absolute atomic E-state index is 5.52. The Kier molecular flexibility index (Phi) is 3.16. The fourth-order valence-corrected chi connectivity index (χ4v) is 1.73. The van der Waals surface area contributed by atoms with Gasteiger partial charge < -0.3 is 14.9 Å². The molecule has 0 aliphatic carbocycles. The Hall–Kier alpha value is -0.870. The van der Waals surface area contributed by atoms with Gasteiger partial charge in [-0.25, -0.2) is 4.98 Å². The molecule has 1 fully saturated rings. The highest BCUT2D eigenvalue weighted by molar-refractivity contribution is 4.94. The molecule has 1 aromatic heterocycles. The monoisotopic (exact) mass is 196 g/mol. The first-order valence-corrected chi connectivity index (χ1v) is 5.13. The second kappa shape index (κ2) is 4.57. The number of oxazole rings is 1. The number of aryl methyl sites for hydroxylation is 1. The van der Waals surface area contributed by atoms with Crippen LogP contribution in [0.25, 0.3) is 0 Å². The molecule has 1 aliphatic heterocycles. The molecule has 0 amide bonds. The zero-order valence-corrected chi connectivity index (χ0v) is 8.24. The third kappa shape index (κ3) is 2.33. The van der Waals surface area contributed by atoms with Gasteiger partial charge in [0.25, 0.3) is 0 Å². The predicted molar refractivity (Wildman–Crippen MR) is 51.7 cm³/mol. The Morgan fingerprint density at radius 2 is 2.50 bits per heavy atom. The van der Waals surface area contributed by atoms with E-state index in [1.807, 2.05) is 0 Å². The summed E-state index contributed by atoms with van der Waals surface area (Å²) in [6.07, 6.45) is 6.47. The van der Waals surface area contributed by atoms with Gasteiger partial charge in [0.15, 0.2) is 0 Å².